The minimum absolute atomic E-state index is 0.123. The van der Waals surface area contributed by atoms with Crippen LogP contribution in [0.1, 0.15) is 38.5 Å². The van der Waals surface area contributed by atoms with Gasteiger partial charge in [-0.25, -0.2) is 4.99 Å². The summed E-state index contributed by atoms with van der Waals surface area (Å²) >= 11 is 5.90. The first-order valence-electron chi connectivity index (χ1n) is 7.98. The van der Waals surface area contributed by atoms with Crippen LogP contribution in [0.25, 0.3) is 0 Å². The van der Waals surface area contributed by atoms with Gasteiger partial charge in [0.25, 0.3) is 0 Å². The van der Waals surface area contributed by atoms with Gasteiger partial charge in [0.15, 0.2) is 5.96 Å². The summed E-state index contributed by atoms with van der Waals surface area (Å²) in [5.41, 5.74) is 7.24. The van der Waals surface area contributed by atoms with Gasteiger partial charge in [0, 0.05) is 10.7 Å². The van der Waals surface area contributed by atoms with Gasteiger partial charge in [0.2, 0.25) is 0 Å². The van der Waals surface area contributed by atoms with Crippen LogP contribution in [0.4, 0.5) is 5.69 Å². The van der Waals surface area contributed by atoms with Gasteiger partial charge in [-0.3, -0.25) is 0 Å². The van der Waals surface area contributed by atoms with Crippen LogP contribution in [0.2, 0.25) is 5.02 Å². The van der Waals surface area contributed by atoms with Crippen molar-refractivity contribution in [3.63, 3.8) is 0 Å². The third-order valence-corrected chi connectivity index (χ3v) is 5.73. The molecule has 0 radical (unpaired) electrons. The van der Waals surface area contributed by atoms with Crippen LogP contribution in [0.5, 0.6) is 0 Å². The fraction of sp³-hybridized carbons (Fsp3) is 0.588. The van der Waals surface area contributed by atoms with Crippen LogP contribution in [0, 0.1) is 17.8 Å². The highest BCUT2D eigenvalue weighted by Crippen LogP contribution is 2.57. The first kappa shape index (κ1) is 13.4. The van der Waals surface area contributed by atoms with Crippen molar-refractivity contribution < 1.29 is 0 Å². The van der Waals surface area contributed by atoms with E-state index in [0.29, 0.717) is 5.96 Å². The first-order chi connectivity index (χ1) is 10.1. The van der Waals surface area contributed by atoms with Crippen LogP contribution in [-0.4, -0.2) is 11.5 Å². The monoisotopic (exact) mass is 303 g/mol. The minimum Gasteiger partial charge on any atom is -0.370 e. The van der Waals surface area contributed by atoms with E-state index < -0.39 is 0 Å². The van der Waals surface area contributed by atoms with Crippen molar-refractivity contribution >= 4 is 23.2 Å². The number of guanidine groups is 1. The standard InChI is InChI=1S/C17H22ClN3/c18-14-1-3-15(4-2-14)20-16(19)21-17-8-11-5-12(9-17)7-13(6-11)10-17/h1-4,11-13H,5-10H2,(H3,19,20,21). The Balaban J connectivity index is 1.52. The number of halogens is 1. The van der Waals surface area contributed by atoms with E-state index in [9.17, 15) is 0 Å². The zero-order valence-electron chi connectivity index (χ0n) is 12.2. The molecule has 0 heterocycles. The lowest BCUT2D eigenvalue weighted by Gasteiger charge is -2.54. The van der Waals surface area contributed by atoms with E-state index in [1.54, 1.807) is 0 Å². The highest BCUT2D eigenvalue weighted by atomic mass is 35.5. The lowest BCUT2D eigenvalue weighted by Crippen LogP contribution is -2.50. The highest BCUT2D eigenvalue weighted by Gasteiger charge is 2.51. The summed E-state index contributed by atoms with van der Waals surface area (Å²) < 4.78 is 0. The van der Waals surface area contributed by atoms with Gasteiger partial charge >= 0.3 is 0 Å². The van der Waals surface area contributed by atoms with E-state index in [1.807, 2.05) is 24.3 Å². The summed E-state index contributed by atoms with van der Waals surface area (Å²) in [7, 11) is 0. The minimum atomic E-state index is 0.123. The number of nitrogens with one attached hydrogen (secondary N) is 1. The Morgan fingerprint density at radius 2 is 1.57 bits per heavy atom. The number of nitrogens with zero attached hydrogens (tertiary/aromatic N) is 1. The first-order valence-corrected chi connectivity index (χ1v) is 8.36. The van der Waals surface area contributed by atoms with Gasteiger partial charge < -0.3 is 11.1 Å². The Bertz CT molecular complexity index is 529. The topological polar surface area (TPSA) is 50.4 Å². The number of hydrogen-bond acceptors (Lipinski definition) is 1. The fourth-order valence-electron chi connectivity index (χ4n) is 5.17. The van der Waals surface area contributed by atoms with Crippen LogP contribution < -0.4 is 11.1 Å². The summed E-state index contributed by atoms with van der Waals surface area (Å²) in [6.45, 7) is 0. The molecule has 3 nitrogen and oxygen atoms in total. The molecule has 4 fully saturated rings. The molecule has 1 aromatic rings. The zero-order chi connectivity index (χ0) is 14.4. The largest absolute Gasteiger partial charge is 0.370 e. The summed E-state index contributed by atoms with van der Waals surface area (Å²) in [5.74, 6) is 3.23. The van der Waals surface area contributed by atoms with Crippen molar-refractivity contribution in [2.45, 2.75) is 44.1 Å². The summed E-state index contributed by atoms with van der Waals surface area (Å²) in [5, 5.41) is 3.95. The second-order valence-corrected chi connectivity index (χ2v) is 7.71. The van der Waals surface area contributed by atoms with E-state index in [4.69, 9.17) is 22.3 Å². The van der Waals surface area contributed by atoms with E-state index in [-0.39, 0.29) is 5.54 Å². The Morgan fingerprint density at radius 3 is 2.10 bits per heavy atom. The van der Waals surface area contributed by atoms with Gasteiger partial charge in [0.1, 0.15) is 0 Å². The molecule has 0 saturated heterocycles. The second-order valence-electron chi connectivity index (χ2n) is 7.27. The second kappa shape index (κ2) is 4.91. The Hall–Kier alpha value is -1.22. The van der Waals surface area contributed by atoms with Crippen molar-refractivity contribution in [2.75, 3.05) is 5.32 Å². The molecule has 0 unspecified atom stereocenters. The highest BCUT2D eigenvalue weighted by molar-refractivity contribution is 6.30. The molecule has 21 heavy (non-hydrogen) atoms. The number of benzene rings is 1. The van der Waals surface area contributed by atoms with Gasteiger partial charge in [-0.05, 0) is 80.5 Å². The van der Waals surface area contributed by atoms with Crippen molar-refractivity contribution in [1.82, 2.24) is 0 Å². The predicted octanol–water partition coefficient (Wildman–Crippen LogP) is 4.04. The number of nitrogens with two attached hydrogens (primary N) is 1. The molecule has 112 valence electrons. The molecule has 4 saturated carbocycles. The predicted molar refractivity (Wildman–Crippen MR) is 87.6 cm³/mol. The van der Waals surface area contributed by atoms with Crippen molar-refractivity contribution in [3.05, 3.63) is 29.3 Å². The van der Waals surface area contributed by atoms with Gasteiger partial charge in [-0.15, -0.1) is 0 Å². The fourth-order valence-corrected chi connectivity index (χ4v) is 5.29. The number of anilines is 1. The molecule has 3 N–H and O–H groups in total. The molecular weight excluding hydrogens is 282 g/mol. The maximum Gasteiger partial charge on any atom is 0.193 e. The zero-order valence-corrected chi connectivity index (χ0v) is 12.9. The third kappa shape index (κ3) is 2.64. The number of hydrogen-bond donors (Lipinski definition) is 2. The van der Waals surface area contributed by atoms with Gasteiger partial charge in [0.05, 0.1) is 5.54 Å². The van der Waals surface area contributed by atoms with E-state index in [1.165, 1.54) is 38.5 Å². The van der Waals surface area contributed by atoms with Crippen LogP contribution >= 0.6 is 11.6 Å². The molecule has 1 aromatic carbocycles. The molecule has 5 rings (SSSR count). The average molecular weight is 304 g/mol. The number of rotatable bonds is 2. The maximum atomic E-state index is 6.17. The molecular formula is C17H22ClN3. The number of aliphatic imine (C=N–C) groups is 1. The molecule has 4 heteroatoms. The van der Waals surface area contributed by atoms with Crippen LogP contribution in [0.15, 0.2) is 29.3 Å². The average Bonchev–Trinajstić information content (AvgIpc) is 2.39. The Labute approximate surface area is 131 Å². The molecule has 0 aromatic heterocycles. The lowest BCUT2D eigenvalue weighted by molar-refractivity contribution is 0.00164. The van der Waals surface area contributed by atoms with Crippen molar-refractivity contribution in [3.8, 4) is 0 Å². The molecule has 0 atom stereocenters. The van der Waals surface area contributed by atoms with Gasteiger partial charge in [-0.2, -0.15) is 0 Å². The summed E-state index contributed by atoms with van der Waals surface area (Å²) in [6, 6.07) is 7.60. The quantitative estimate of drug-likeness (QED) is 0.640. The van der Waals surface area contributed by atoms with Crippen LogP contribution in [0.3, 0.4) is 0 Å². The molecule has 0 aliphatic heterocycles. The van der Waals surface area contributed by atoms with E-state index in [2.05, 4.69) is 5.32 Å². The van der Waals surface area contributed by atoms with Crippen molar-refractivity contribution in [2.24, 2.45) is 28.5 Å². The SMILES string of the molecule is NC(=NC12CC3CC(CC(C3)C1)C2)Nc1ccc(Cl)cc1. The normalized spacial score (nSPS) is 37.8. The summed E-state index contributed by atoms with van der Waals surface area (Å²) in [6.07, 6.45) is 8.00. The third-order valence-electron chi connectivity index (χ3n) is 5.48. The molecule has 0 spiro atoms. The molecule has 4 aliphatic rings. The maximum absolute atomic E-state index is 6.17. The molecule has 0 amide bonds. The van der Waals surface area contributed by atoms with Gasteiger partial charge in [-0.1, -0.05) is 11.6 Å². The van der Waals surface area contributed by atoms with E-state index >= 15 is 0 Å². The molecule has 4 aliphatic carbocycles. The Morgan fingerprint density at radius 1 is 1.05 bits per heavy atom. The van der Waals surface area contributed by atoms with Crippen molar-refractivity contribution in [1.29, 1.82) is 0 Å². The van der Waals surface area contributed by atoms with Crippen LogP contribution in [-0.2, 0) is 0 Å². The smallest absolute Gasteiger partial charge is 0.193 e. The lowest BCUT2D eigenvalue weighted by atomic mass is 9.53. The Kier molecular flexibility index (Phi) is 3.14. The van der Waals surface area contributed by atoms with E-state index in [0.717, 1.165) is 28.5 Å². The summed E-state index contributed by atoms with van der Waals surface area (Å²) in [4.78, 5) is 4.94. The molecule has 4 bridgehead atoms.